The molecule has 2 aromatic carbocycles. The highest BCUT2D eigenvalue weighted by Gasteiger charge is 2.22. The predicted octanol–water partition coefficient (Wildman–Crippen LogP) is 4.87. The van der Waals surface area contributed by atoms with Crippen molar-refractivity contribution in [2.45, 2.75) is 70.3 Å². The zero-order valence-corrected chi connectivity index (χ0v) is 17.4. The van der Waals surface area contributed by atoms with Crippen molar-refractivity contribution in [2.24, 2.45) is 5.73 Å². The molecule has 0 heterocycles. The van der Waals surface area contributed by atoms with E-state index in [1.807, 2.05) is 0 Å². The quantitative estimate of drug-likeness (QED) is 0.432. The Kier molecular flexibility index (Phi) is 9.69. The van der Waals surface area contributed by atoms with Crippen molar-refractivity contribution in [1.29, 1.82) is 0 Å². The highest BCUT2D eigenvalue weighted by atomic mass is 16.3. The molecule has 28 heavy (non-hydrogen) atoms. The molecular formula is C25H37NO2. The molecule has 0 unspecified atom stereocenters. The summed E-state index contributed by atoms with van der Waals surface area (Å²) in [6, 6.07) is 17.4. The van der Waals surface area contributed by atoms with Crippen molar-refractivity contribution in [3.63, 3.8) is 0 Å². The molecule has 2 aromatic rings. The number of unbranched alkanes of at least 4 members (excludes halogenated alkanes) is 5. The Labute approximate surface area is 170 Å². The molecule has 0 fully saturated rings. The van der Waals surface area contributed by atoms with Gasteiger partial charge in [-0.25, -0.2) is 0 Å². The van der Waals surface area contributed by atoms with Gasteiger partial charge in [-0.2, -0.15) is 0 Å². The third kappa shape index (κ3) is 7.38. The van der Waals surface area contributed by atoms with Gasteiger partial charge < -0.3 is 15.9 Å². The van der Waals surface area contributed by atoms with E-state index in [1.165, 1.54) is 67.2 Å². The van der Waals surface area contributed by atoms with Crippen LogP contribution in [0.3, 0.4) is 0 Å². The Morgan fingerprint density at radius 2 is 1.14 bits per heavy atom. The van der Waals surface area contributed by atoms with Crippen molar-refractivity contribution >= 4 is 0 Å². The maximum absolute atomic E-state index is 9.30. The topological polar surface area (TPSA) is 66.5 Å². The maximum Gasteiger partial charge on any atom is 0.0633 e. The third-order valence-electron chi connectivity index (χ3n) is 5.60. The van der Waals surface area contributed by atoms with Crippen molar-refractivity contribution < 1.29 is 10.2 Å². The van der Waals surface area contributed by atoms with Gasteiger partial charge in [-0.3, -0.25) is 0 Å². The van der Waals surface area contributed by atoms with Crippen LogP contribution in [0.25, 0.3) is 11.1 Å². The van der Waals surface area contributed by atoms with Gasteiger partial charge in [0.2, 0.25) is 0 Å². The molecule has 3 heteroatoms. The molecule has 0 atom stereocenters. The fraction of sp³-hybridized carbons (Fsp3) is 0.520. The molecule has 0 saturated heterocycles. The van der Waals surface area contributed by atoms with E-state index in [9.17, 15) is 10.2 Å². The van der Waals surface area contributed by atoms with E-state index in [0.717, 1.165) is 6.42 Å². The lowest BCUT2D eigenvalue weighted by molar-refractivity contribution is 0.115. The third-order valence-corrected chi connectivity index (χ3v) is 5.60. The summed E-state index contributed by atoms with van der Waals surface area (Å²) in [7, 11) is 0. The van der Waals surface area contributed by atoms with Crippen LogP contribution < -0.4 is 5.73 Å². The first-order valence-corrected chi connectivity index (χ1v) is 10.8. The lowest BCUT2D eigenvalue weighted by Gasteiger charge is -2.24. The standard InChI is InChI=1S/C25H37NO2/c1-2-3-4-5-6-7-8-21-9-13-23(14-10-21)24-15-11-22(12-16-24)17-18-25(26,19-27)20-28/h9-16,27-28H,2-8,17-20,26H2,1H3. The van der Waals surface area contributed by atoms with E-state index in [1.54, 1.807) is 0 Å². The van der Waals surface area contributed by atoms with Crippen molar-refractivity contribution in [3.05, 3.63) is 59.7 Å². The number of nitrogens with two attached hydrogens (primary N) is 1. The second-order valence-electron chi connectivity index (χ2n) is 8.09. The first-order valence-electron chi connectivity index (χ1n) is 10.8. The predicted molar refractivity (Wildman–Crippen MR) is 118 cm³/mol. The van der Waals surface area contributed by atoms with Gasteiger partial charge in [-0.1, -0.05) is 87.6 Å². The van der Waals surface area contributed by atoms with Gasteiger partial charge >= 0.3 is 0 Å². The van der Waals surface area contributed by atoms with Crippen LogP contribution in [0.2, 0.25) is 0 Å². The lowest BCUT2D eigenvalue weighted by atomic mass is 9.93. The van der Waals surface area contributed by atoms with Gasteiger partial charge in [0.15, 0.2) is 0 Å². The SMILES string of the molecule is CCCCCCCCc1ccc(-c2ccc(CCC(N)(CO)CO)cc2)cc1. The van der Waals surface area contributed by atoms with Crippen LogP contribution in [-0.2, 0) is 12.8 Å². The number of benzene rings is 2. The fourth-order valence-corrected chi connectivity index (χ4v) is 3.44. The maximum atomic E-state index is 9.30. The molecule has 0 spiro atoms. The number of aliphatic hydroxyl groups is 2. The van der Waals surface area contributed by atoms with E-state index in [0.29, 0.717) is 6.42 Å². The summed E-state index contributed by atoms with van der Waals surface area (Å²) >= 11 is 0. The van der Waals surface area contributed by atoms with E-state index in [2.05, 4.69) is 55.5 Å². The second-order valence-corrected chi connectivity index (χ2v) is 8.09. The van der Waals surface area contributed by atoms with Gasteiger partial charge in [0.05, 0.1) is 18.8 Å². The molecule has 0 aromatic heterocycles. The Morgan fingerprint density at radius 3 is 1.64 bits per heavy atom. The summed E-state index contributed by atoms with van der Waals surface area (Å²) in [6.45, 7) is 1.85. The summed E-state index contributed by atoms with van der Waals surface area (Å²) in [6.07, 6.45) is 10.5. The van der Waals surface area contributed by atoms with Gasteiger partial charge in [-0.05, 0) is 47.9 Å². The van der Waals surface area contributed by atoms with Crippen LogP contribution in [0.4, 0.5) is 0 Å². The average Bonchev–Trinajstić information content (AvgIpc) is 2.75. The molecule has 0 bridgehead atoms. The van der Waals surface area contributed by atoms with Crippen LogP contribution in [0.15, 0.2) is 48.5 Å². The van der Waals surface area contributed by atoms with Gasteiger partial charge in [0.25, 0.3) is 0 Å². The summed E-state index contributed by atoms with van der Waals surface area (Å²) in [5.41, 5.74) is 10.1. The zero-order valence-electron chi connectivity index (χ0n) is 17.4. The molecule has 3 nitrogen and oxygen atoms in total. The molecule has 0 aliphatic carbocycles. The van der Waals surface area contributed by atoms with Crippen molar-refractivity contribution in [2.75, 3.05) is 13.2 Å². The highest BCUT2D eigenvalue weighted by Crippen LogP contribution is 2.22. The van der Waals surface area contributed by atoms with Crippen LogP contribution in [0.1, 0.15) is 63.0 Å². The van der Waals surface area contributed by atoms with E-state index >= 15 is 0 Å². The highest BCUT2D eigenvalue weighted by molar-refractivity contribution is 5.64. The minimum Gasteiger partial charge on any atom is -0.394 e. The van der Waals surface area contributed by atoms with Crippen LogP contribution in [-0.4, -0.2) is 29.0 Å². The van der Waals surface area contributed by atoms with Crippen LogP contribution in [0, 0.1) is 0 Å². The number of rotatable bonds is 13. The first kappa shape index (κ1) is 22.6. The lowest BCUT2D eigenvalue weighted by Crippen LogP contribution is -2.47. The molecule has 154 valence electrons. The molecule has 4 N–H and O–H groups in total. The fourth-order valence-electron chi connectivity index (χ4n) is 3.44. The largest absolute Gasteiger partial charge is 0.394 e. The Morgan fingerprint density at radius 1 is 0.679 bits per heavy atom. The van der Waals surface area contributed by atoms with Crippen molar-refractivity contribution in [3.8, 4) is 11.1 Å². The molecular weight excluding hydrogens is 346 g/mol. The molecule has 0 amide bonds. The monoisotopic (exact) mass is 383 g/mol. The van der Waals surface area contributed by atoms with Crippen molar-refractivity contribution in [1.82, 2.24) is 0 Å². The molecule has 0 radical (unpaired) electrons. The first-order chi connectivity index (χ1) is 13.6. The minimum absolute atomic E-state index is 0.202. The Bertz CT molecular complexity index is 660. The van der Waals surface area contributed by atoms with E-state index < -0.39 is 5.54 Å². The van der Waals surface area contributed by atoms with Gasteiger partial charge in [0, 0.05) is 0 Å². The number of aliphatic hydroxyl groups excluding tert-OH is 2. The van der Waals surface area contributed by atoms with Gasteiger partial charge in [0.1, 0.15) is 0 Å². The zero-order chi connectivity index (χ0) is 20.2. The summed E-state index contributed by atoms with van der Waals surface area (Å²) < 4.78 is 0. The molecule has 0 aliphatic heterocycles. The van der Waals surface area contributed by atoms with E-state index in [-0.39, 0.29) is 13.2 Å². The second kappa shape index (κ2) is 12.0. The number of aryl methyl sites for hydroxylation is 2. The van der Waals surface area contributed by atoms with Crippen LogP contribution in [0.5, 0.6) is 0 Å². The summed E-state index contributed by atoms with van der Waals surface area (Å²) in [5, 5.41) is 18.6. The number of hydrogen-bond acceptors (Lipinski definition) is 3. The van der Waals surface area contributed by atoms with Gasteiger partial charge in [-0.15, -0.1) is 0 Å². The van der Waals surface area contributed by atoms with E-state index in [4.69, 9.17) is 5.73 Å². The molecule has 2 rings (SSSR count). The molecule has 0 saturated carbocycles. The Balaban J connectivity index is 1.83. The summed E-state index contributed by atoms with van der Waals surface area (Å²) in [4.78, 5) is 0. The normalized spacial score (nSPS) is 11.7. The number of hydrogen-bond donors (Lipinski definition) is 3. The molecule has 0 aliphatic rings. The Hall–Kier alpha value is -1.68. The average molecular weight is 384 g/mol. The smallest absolute Gasteiger partial charge is 0.0633 e. The van der Waals surface area contributed by atoms with Crippen LogP contribution >= 0.6 is 0 Å². The summed E-state index contributed by atoms with van der Waals surface area (Å²) in [5.74, 6) is 0. The minimum atomic E-state index is -0.898.